The number of rotatable bonds is 16. The second-order valence-corrected chi connectivity index (χ2v) is 10.9. The molecule has 3 atom stereocenters. The summed E-state index contributed by atoms with van der Waals surface area (Å²) >= 11 is 0. The summed E-state index contributed by atoms with van der Waals surface area (Å²) in [5.74, 6) is 2.55. The topological polar surface area (TPSA) is 115 Å². The number of esters is 2. The fourth-order valence-electron chi connectivity index (χ4n) is 4.24. The van der Waals surface area contributed by atoms with Gasteiger partial charge in [-0.15, -0.1) is 0 Å². The third-order valence-electron chi connectivity index (χ3n) is 7.06. The largest absolute Gasteiger partial charge is 0.493 e. The monoisotopic (exact) mass is 626 g/mol. The van der Waals surface area contributed by atoms with Gasteiger partial charge in [-0.3, -0.25) is 0 Å². The molecule has 4 aromatic rings. The zero-order valence-corrected chi connectivity index (χ0v) is 25.3. The minimum Gasteiger partial charge on any atom is -0.493 e. The Kier molecular flexibility index (Phi) is 9.97. The second kappa shape index (κ2) is 14.8. The Bertz CT molecular complexity index is 1580. The molecule has 0 amide bonds. The van der Waals surface area contributed by atoms with Crippen LogP contribution in [0.2, 0.25) is 0 Å². The lowest BCUT2D eigenvalue weighted by molar-refractivity contribution is 0.0725. The van der Waals surface area contributed by atoms with E-state index in [0.29, 0.717) is 71.9 Å². The van der Waals surface area contributed by atoms with E-state index in [9.17, 15) is 9.59 Å². The minimum absolute atomic E-state index is 0.125. The molecule has 0 aliphatic carbocycles. The fourth-order valence-corrected chi connectivity index (χ4v) is 4.24. The fraction of sp³-hybridized carbons (Fsp3) is 0.278. The Morgan fingerprint density at radius 3 is 1.39 bits per heavy atom. The van der Waals surface area contributed by atoms with Crippen LogP contribution in [0.25, 0.3) is 0 Å². The summed E-state index contributed by atoms with van der Waals surface area (Å²) in [5.41, 5.74) is 0.847. The molecule has 238 valence electrons. The summed E-state index contributed by atoms with van der Waals surface area (Å²) in [7, 11) is 0. The van der Waals surface area contributed by atoms with Crippen LogP contribution in [0, 0.1) is 0 Å². The summed E-state index contributed by atoms with van der Waals surface area (Å²) in [4.78, 5) is 25.0. The van der Waals surface area contributed by atoms with Gasteiger partial charge in [0, 0.05) is 6.42 Å². The van der Waals surface area contributed by atoms with Crippen molar-refractivity contribution in [2.24, 2.45) is 0 Å². The zero-order valence-electron chi connectivity index (χ0n) is 25.3. The van der Waals surface area contributed by atoms with Crippen LogP contribution in [0.15, 0.2) is 97.1 Å². The summed E-state index contributed by atoms with van der Waals surface area (Å²) in [6.07, 6.45) is 0.846. The van der Waals surface area contributed by atoms with Crippen molar-refractivity contribution in [2.75, 3.05) is 33.0 Å². The first-order chi connectivity index (χ1) is 22.5. The van der Waals surface area contributed by atoms with Gasteiger partial charge in [0.15, 0.2) is 0 Å². The predicted octanol–water partition coefficient (Wildman–Crippen LogP) is 5.92. The van der Waals surface area contributed by atoms with E-state index in [1.807, 2.05) is 6.92 Å². The van der Waals surface area contributed by atoms with Gasteiger partial charge in [-0.2, -0.15) is 0 Å². The first-order valence-electron chi connectivity index (χ1n) is 15.1. The number of carbonyl (C=O) groups excluding carboxylic acids is 2. The van der Waals surface area contributed by atoms with Gasteiger partial charge in [-0.1, -0.05) is 0 Å². The maximum absolute atomic E-state index is 12.5. The summed E-state index contributed by atoms with van der Waals surface area (Å²) in [5, 5.41) is 0. The van der Waals surface area contributed by atoms with Crippen LogP contribution < -0.4 is 28.4 Å². The number of epoxide rings is 2. The number of ether oxygens (including phenoxy) is 8. The van der Waals surface area contributed by atoms with E-state index >= 15 is 0 Å². The predicted molar refractivity (Wildman–Crippen MR) is 166 cm³/mol. The van der Waals surface area contributed by atoms with Crippen molar-refractivity contribution < 1.29 is 47.5 Å². The average Bonchev–Trinajstić information content (AvgIpc) is 4.01. The Balaban J connectivity index is 0.881. The first kappa shape index (κ1) is 30.9. The molecule has 0 aromatic heterocycles. The van der Waals surface area contributed by atoms with E-state index in [1.165, 1.54) is 0 Å². The maximum atomic E-state index is 12.5. The molecule has 0 radical (unpaired) electrons. The van der Waals surface area contributed by atoms with Gasteiger partial charge in [-0.05, 0) is 104 Å². The molecular weight excluding hydrogens is 592 g/mol. The second-order valence-electron chi connectivity index (χ2n) is 10.9. The van der Waals surface area contributed by atoms with Gasteiger partial charge in [0.1, 0.15) is 59.9 Å². The number of hydrogen-bond donors (Lipinski definition) is 0. The number of benzene rings is 4. The van der Waals surface area contributed by atoms with E-state index in [4.69, 9.17) is 37.9 Å². The lowest BCUT2D eigenvalue weighted by Gasteiger charge is -2.15. The summed E-state index contributed by atoms with van der Waals surface area (Å²) in [6, 6.07) is 27.4. The van der Waals surface area contributed by atoms with Gasteiger partial charge >= 0.3 is 11.9 Å². The molecule has 0 bridgehead atoms. The molecule has 3 unspecified atom stereocenters. The van der Waals surface area contributed by atoms with Gasteiger partial charge in [-0.25, -0.2) is 9.59 Å². The van der Waals surface area contributed by atoms with Crippen LogP contribution in [0.5, 0.6) is 34.5 Å². The van der Waals surface area contributed by atoms with Gasteiger partial charge in [0.05, 0.1) is 37.1 Å². The highest BCUT2D eigenvalue weighted by Gasteiger charge is 2.24. The molecule has 46 heavy (non-hydrogen) atoms. The van der Waals surface area contributed by atoms with E-state index in [2.05, 4.69) is 0 Å². The van der Waals surface area contributed by atoms with Crippen molar-refractivity contribution in [3.05, 3.63) is 108 Å². The minimum atomic E-state index is -0.460. The van der Waals surface area contributed by atoms with Crippen molar-refractivity contribution in [1.29, 1.82) is 0 Å². The average molecular weight is 627 g/mol. The Morgan fingerprint density at radius 1 is 0.587 bits per heavy atom. The van der Waals surface area contributed by atoms with Crippen LogP contribution in [0.4, 0.5) is 0 Å². The molecular formula is C36H34O10. The lowest BCUT2D eigenvalue weighted by atomic mass is 10.2. The highest BCUT2D eigenvalue weighted by molar-refractivity contribution is 5.91. The van der Waals surface area contributed by atoms with Gasteiger partial charge in [0.25, 0.3) is 0 Å². The molecule has 6 rings (SSSR count). The number of hydrogen-bond acceptors (Lipinski definition) is 10. The van der Waals surface area contributed by atoms with Crippen LogP contribution in [-0.4, -0.2) is 63.3 Å². The van der Waals surface area contributed by atoms with Crippen LogP contribution in [0.1, 0.15) is 34.1 Å². The highest BCUT2D eigenvalue weighted by Crippen LogP contribution is 2.23. The molecule has 10 nitrogen and oxygen atoms in total. The van der Waals surface area contributed by atoms with Gasteiger partial charge < -0.3 is 37.9 Å². The highest BCUT2D eigenvalue weighted by atomic mass is 16.6. The third-order valence-corrected chi connectivity index (χ3v) is 7.06. The van der Waals surface area contributed by atoms with E-state index in [1.54, 1.807) is 97.1 Å². The van der Waals surface area contributed by atoms with Gasteiger partial charge in [0.2, 0.25) is 0 Å². The maximum Gasteiger partial charge on any atom is 0.343 e. The smallest absolute Gasteiger partial charge is 0.343 e. The normalized spacial score (nSPS) is 16.9. The van der Waals surface area contributed by atoms with Crippen molar-refractivity contribution in [3.8, 4) is 34.5 Å². The SMILES string of the molecule is CC(CCOc1ccc(OC(=O)c2ccc(OCC3CO3)cc2)cc1)Oc1ccc(OC(=O)c2ccc(OCC3CO3)cc2)cc1. The number of carbonyl (C=O) groups is 2. The molecule has 2 aliphatic rings. The first-order valence-corrected chi connectivity index (χ1v) is 15.1. The van der Waals surface area contributed by atoms with Crippen molar-refractivity contribution >= 4 is 11.9 Å². The zero-order chi connectivity index (χ0) is 31.7. The Morgan fingerprint density at radius 2 is 0.957 bits per heavy atom. The molecule has 2 aliphatic heterocycles. The van der Waals surface area contributed by atoms with Crippen molar-refractivity contribution in [2.45, 2.75) is 31.7 Å². The van der Waals surface area contributed by atoms with E-state index in [0.717, 1.165) is 13.2 Å². The Labute approximate surface area is 266 Å². The van der Waals surface area contributed by atoms with Crippen LogP contribution in [-0.2, 0) is 9.47 Å². The third kappa shape index (κ3) is 9.47. The van der Waals surface area contributed by atoms with Crippen LogP contribution >= 0.6 is 0 Å². The molecule has 2 heterocycles. The molecule has 2 fully saturated rings. The molecule has 0 N–H and O–H groups in total. The van der Waals surface area contributed by atoms with Crippen molar-refractivity contribution in [3.63, 3.8) is 0 Å². The van der Waals surface area contributed by atoms with Crippen LogP contribution in [0.3, 0.4) is 0 Å². The molecule has 2 saturated heterocycles. The van der Waals surface area contributed by atoms with E-state index < -0.39 is 11.9 Å². The molecule has 0 spiro atoms. The summed E-state index contributed by atoms with van der Waals surface area (Å²) in [6.45, 7) is 4.84. The quantitative estimate of drug-likeness (QED) is 0.0844. The Hall–Kier alpha value is -5.06. The molecule has 10 heteroatoms. The molecule has 0 saturated carbocycles. The van der Waals surface area contributed by atoms with Crippen molar-refractivity contribution in [1.82, 2.24) is 0 Å². The molecule has 4 aromatic carbocycles. The standard InChI is InChI=1S/C36H34O10/c1-24(44-30-14-16-32(17-15-30)46-36(38)26-4-8-29(9-5-26)41-21-34-23-43-34)18-19-39-27-10-12-31(13-11-27)45-35(37)25-2-6-28(7-3-25)40-20-33-22-42-33/h2-17,24,33-34H,18-23H2,1H3. The van der Waals surface area contributed by atoms with E-state index in [-0.39, 0.29) is 18.3 Å². The summed E-state index contributed by atoms with van der Waals surface area (Å²) < 4.78 is 44.2. The lowest BCUT2D eigenvalue weighted by Crippen LogP contribution is -2.16.